The summed E-state index contributed by atoms with van der Waals surface area (Å²) in [6, 6.07) is 9.37. The number of halogens is 1. The zero-order chi connectivity index (χ0) is 19.6. The third-order valence-corrected chi connectivity index (χ3v) is 3.97. The van der Waals surface area contributed by atoms with Crippen molar-refractivity contribution in [2.24, 2.45) is 0 Å². The second-order valence-electron chi connectivity index (χ2n) is 5.49. The van der Waals surface area contributed by atoms with Gasteiger partial charge in [-0.1, -0.05) is 11.6 Å². The molecule has 0 atom stereocenters. The lowest BCUT2D eigenvalue weighted by Crippen LogP contribution is -2.42. The van der Waals surface area contributed by atoms with Crippen LogP contribution in [0.2, 0.25) is 5.02 Å². The van der Waals surface area contributed by atoms with Gasteiger partial charge in [0.2, 0.25) is 5.88 Å². The number of hydrazine groups is 1. The number of hydrogen-bond acceptors (Lipinski definition) is 5. The molecule has 9 heteroatoms. The van der Waals surface area contributed by atoms with Crippen LogP contribution in [-0.4, -0.2) is 21.5 Å². The average molecular weight is 385 g/mol. The Kier molecular flexibility index (Phi) is 4.88. The van der Waals surface area contributed by atoms with Crippen LogP contribution in [-0.2, 0) is 0 Å². The monoisotopic (exact) mass is 384 g/mol. The van der Waals surface area contributed by atoms with Crippen molar-refractivity contribution in [1.82, 2.24) is 15.4 Å². The first-order valence-electron chi connectivity index (χ1n) is 7.68. The maximum Gasteiger partial charge on any atom is 0.274 e. The Morgan fingerprint density at radius 3 is 2.56 bits per heavy atom. The minimum Gasteiger partial charge on any atom is -0.507 e. The third-order valence-electron chi connectivity index (χ3n) is 3.74. The average Bonchev–Trinajstić information content (AvgIpc) is 3.28. The number of phenols is 1. The number of amides is 2. The van der Waals surface area contributed by atoms with Crippen LogP contribution in [0.4, 0.5) is 0 Å². The van der Waals surface area contributed by atoms with Crippen molar-refractivity contribution in [3.8, 4) is 17.7 Å². The van der Waals surface area contributed by atoms with Gasteiger partial charge in [-0.15, -0.1) is 0 Å². The molecule has 0 aliphatic carbocycles. The molecule has 0 radical (unpaired) electrons. The molecule has 0 spiro atoms. The number of furan rings is 1. The minimum absolute atomic E-state index is 0.00295. The number of nitriles is 1. The molecule has 27 heavy (non-hydrogen) atoms. The highest BCUT2D eigenvalue weighted by molar-refractivity contribution is 6.31. The van der Waals surface area contributed by atoms with Gasteiger partial charge in [0.1, 0.15) is 28.7 Å². The zero-order valence-electron chi connectivity index (χ0n) is 14.0. The van der Waals surface area contributed by atoms with Crippen LogP contribution in [0.5, 0.6) is 5.75 Å². The van der Waals surface area contributed by atoms with Crippen molar-refractivity contribution in [2.45, 2.75) is 6.92 Å². The highest BCUT2D eigenvalue weighted by Crippen LogP contribution is 2.25. The first-order valence-corrected chi connectivity index (χ1v) is 8.06. The van der Waals surface area contributed by atoms with Crippen molar-refractivity contribution in [3.05, 3.63) is 70.2 Å². The Morgan fingerprint density at radius 2 is 1.89 bits per heavy atom. The predicted octanol–water partition coefficient (Wildman–Crippen LogP) is 2.68. The van der Waals surface area contributed by atoms with E-state index in [4.69, 9.17) is 16.0 Å². The van der Waals surface area contributed by atoms with Crippen molar-refractivity contribution >= 4 is 23.4 Å². The molecule has 2 amide bonds. The molecule has 3 N–H and O–H groups in total. The van der Waals surface area contributed by atoms with E-state index in [0.717, 1.165) is 0 Å². The second kappa shape index (κ2) is 7.27. The van der Waals surface area contributed by atoms with Gasteiger partial charge in [0.15, 0.2) is 0 Å². The van der Waals surface area contributed by atoms with Crippen molar-refractivity contribution in [2.75, 3.05) is 0 Å². The number of rotatable bonds is 3. The summed E-state index contributed by atoms with van der Waals surface area (Å²) in [7, 11) is 0. The molecule has 136 valence electrons. The molecule has 3 aromatic rings. The maximum atomic E-state index is 12.5. The van der Waals surface area contributed by atoms with E-state index in [9.17, 15) is 20.0 Å². The van der Waals surface area contributed by atoms with Crippen molar-refractivity contribution in [1.29, 1.82) is 5.26 Å². The topological polar surface area (TPSA) is 120 Å². The Balaban J connectivity index is 1.82. The number of carbonyl (C=O) groups excluding carboxylic acids is 2. The van der Waals surface area contributed by atoms with Crippen molar-refractivity contribution in [3.63, 3.8) is 0 Å². The van der Waals surface area contributed by atoms with E-state index in [-0.39, 0.29) is 39.1 Å². The normalized spacial score (nSPS) is 10.3. The Bertz CT molecular complexity index is 1060. The summed E-state index contributed by atoms with van der Waals surface area (Å²) < 4.78 is 7.10. The maximum absolute atomic E-state index is 12.5. The van der Waals surface area contributed by atoms with Gasteiger partial charge in [-0.2, -0.15) is 5.26 Å². The fourth-order valence-electron chi connectivity index (χ4n) is 2.49. The number of benzene rings is 1. The van der Waals surface area contributed by atoms with Crippen LogP contribution in [0, 0.1) is 18.3 Å². The SMILES string of the molecule is Cc1oc(-n2cccc2)c(C#N)c1C(=O)NNC(=O)c1cc(Cl)ccc1O. The molecule has 2 heterocycles. The van der Waals surface area contributed by atoms with Gasteiger partial charge in [-0.05, 0) is 37.3 Å². The highest BCUT2D eigenvalue weighted by Gasteiger charge is 2.25. The molecule has 0 saturated carbocycles. The van der Waals surface area contributed by atoms with Gasteiger partial charge in [0, 0.05) is 17.4 Å². The molecule has 0 aliphatic heterocycles. The first-order chi connectivity index (χ1) is 12.9. The standard InChI is InChI=1S/C18H13ClN4O4/c1-10-15(13(9-20)18(27-10)23-6-2-3-7-23)17(26)22-21-16(25)12-8-11(19)4-5-14(12)24/h2-8,24H,1H3,(H,21,25)(H,22,26). The van der Waals surface area contributed by atoms with Crippen LogP contribution in [0.1, 0.15) is 32.0 Å². The quantitative estimate of drug-likeness (QED) is 0.599. The molecule has 0 fully saturated rings. The molecular weight excluding hydrogens is 372 g/mol. The summed E-state index contributed by atoms with van der Waals surface area (Å²) >= 11 is 5.80. The van der Waals surface area contributed by atoms with Crippen LogP contribution >= 0.6 is 11.6 Å². The second-order valence-corrected chi connectivity index (χ2v) is 5.92. The number of nitrogens with zero attached hydrogens (tertiary/aromatic N) is 2. The number of nitrogens with one attached hydrogen (secondary N) is 2. The lowest BCUT2D eigenvalue weighted by molar-refractivity contribution is 0.0844. The Hall–Kier alpha value is -3.70. The summed E-state index contributed by atoms with van der Waals surface area (Å²) in [4.78, 5) is 24.6. The summed E-state index contributed by atoms with van der Waals surface area (Å²) in [6.45, 7) is 1.54. The van der Waals surface area contributed by atoms with Crippen LogP contribution in [0.25, 0.3) is 5.88 Å². The number of aryl methyl sites for hydroxylation is 1. The van der Waals surface area contributed by atoms with Crippen molar-refractivity contribution < 1.29 is 19.1 Å². The van der Waals surface area contributed by atoms with E-state index in [0.29, 0.717) is 0 Å². The van der Waals surface area contributed by atoms with Gasteiger partial charge in [0.25, 0.3) is 11.8 Å². The number of aromatic nitrogens is 1. The van der Waals surface area contributed by atoms with Gasteiger partial charge in [0.05, 0.1) is 5.56 Å². The van der Waals surface area contributed by atoms with Gasteiger partial charge < -0.3 is 9.52 Å². The fourth-order valence-corrected chi connectivity index (χ4v) is 2.66. The van der Waals surface area contributed by atoms with Crippen LogP contribution < -0.4 is 10.9 Å². The van der Waals surface area contributed by atoms with E-state index >= 15 is 0 Å². The third kappa shape index (κ3) is 3.49. The Labute approximate surface area is 158 Å². The summed E-state index contributed by atoms with van der Waals surface area (Å²) in [5.74, 6) is -1.38. The summed E-state index contributed by atoms with van der Waals surface area (Å²) in [6.07, 6.45) is 3.34. The fraction of sp³-hybridized carbons (Fsp3) is 0.0556. The van der Waals surface area contributed by atoms with E-state index in [1.165, 1.54) is 25.1 Å². The Morgan fingerprint density at radius 1 is 1.22 bits per heavy atom. The van der Waals surface area contributed by atoms with Crippen LogP contribution in [0.3, 0.4) is 0 Å². The summed E-state index contributed by atoms with van der Waals surface area (Å²) in [5, 5.41) is 19.4. The molecule has 1 aromatic carbocycles. The predicted molar refractivity (Wildman–Crippen MR) is 95.5 cm³/mol. The van der Waals surface area contributed by atoms with E-state index < -0.39 is 11.8 Å². The smallest absolute Gasteiger partial charge is 0.274 e. The molecule has 0 aliphatic rings. The molecule has 0 saturated heterocycles. The van der Waals surface area contributed by atoms with Crippen LogP contribution in [0.15, 0.2) is 47.1 Å². The van der Waals surface area contributed by atoms with Gasteiger partial charge in [-0.25, -0.2) is 0 Å². The van der Waals surface area contributed by atoms with Gasteiger partial charge in [-0.3, -0.25) is 25.0 Å². The number of hydrogen-bond donors (Lipinski definition) is 3. The van der Waals surface area contributed by atoms with E-state index in [1.54, 1.807) is 29.1 Å². The molecule has 0 bridgehead atoms. The van der Waals surface area contributed by atoms with E-state index in [2.05, 4.69) is 10.9 Å². The first kappa shape index (κ1) is 18.1. The number of phenolic OH excluding ortho intramolecular Hbond substituents is 1. The number of aromatic hydroxyl groups is 1. The minimum atomic E-state index is -0.770. The lowest BCUT2D eigenvalue weighted by Gasteiger charge is -2.08. The highest BCUT2D eigenvalue weighted by atomic mass is 35.5. The molecular formula is C18H13ClN4O4. The number of carbonyl (C=O) groups is 2. The summed E-state index contributed by atoms with van der Waals surface area (Å²) in [5.41, 5.74) is 4.29. The molecule has 0 unspecified atom stereocenters. The molecule has 2 aromatic heterocycles. The molecule has 3 rings (SSSR count). The largest absolute Gasteiger partial charge is 0.507 e. The molecule has 8 nitrogen and oxygen atoms in total. The van der Waals surface area contributed by atoms with E-state index in [1.807, 2.05) is 6.07 Å². The zero-order valence-corrected chi connectivity index (χ0v) is 14.7. The lowest BCUT2D eigenvalue weighted by atomic mass is 10.1. The van der Waals surface area contributed by atoms with Gasteiger partial charge >= 0.3 is 0 Å².